The first-order valence-corrected chi connectivity index (χ1v) is 10.1. The minimum Gasteiger partial charge on any atom is -0.350 e. The number of sulfonamides is 1. The fourth-order valence-corrected chi connectivity index (χ4v) is 4.26. The summed E-state index contributed by atoms with van der Waals surface area (Å²) >= 11 is 0. The molecule has 2 aromatic heterocycles. The van der Waals surface area contributed by atoms with Crippen molar-refractivity contribution in [3.63, 3.8) is 0 Å². The van der Waals surface area contributed by atoms with Crippen LogP contribution in [0.4, 0.5) is 0 Å². The van der Waals surface area contributed by atoms with E-state index in [9.17, 15) is 13.2 Å². The molecule has 2 aromatic rings. The number of nitrogens with one attached hydrogen (secondary N) is 1. The van der Waals surface area contributed by atoms with Gasteiger partial charge in [-0.05, 0) is 32.0 Å². The van der Waals surface area contributed by atoms with Crippen LogP contribution in [0, 0.1) is 0 Å². The number of amides is 1. The van der Waals surface area contributed by atoms with Crippen LogP contribution in [-0.4, -0.2) is 45.2 Å². The van der Waals surface area contributed by atoms with Gasteiger partial charge in [0.15, 0.2) is 0 Å². The van der Waals surface area contributed by atoms with Crippen LogP contribution in [0.2, 0.25) is 0 Å². The van der Waals surface area contributed by atoms with Crippen molar-refractivity contribution >= 4 is 15.9 Å². The molecule has 0 bridgehead atoms. The van der Waals surface area contributed by atoms with Crippen molar-refractivity contribution in [1.82, 2.24) is 24.4 Å². The second kappa shape index (κ2) is 7.55. The van der Waals surface area contributed by atoms with Crippen LogP contribution in [0.15, 0.2) is 36.7 Å². The van der Waals surface area contributed by atoms with E-state index in [0.717, 1.165) is 11.4 Å². The molecule has 26 heavy (non-hydrogen) atoms. The van der Waals surface area contributed by atoms with Crippen molar-refractivity contribution in [1.29, 1.82) is 0 Å². The predicted octanol–water partition coefficient (Wildman–Crippen LogP) is 1.08. The van der Waals surface area contributed by atoms with Gasteiger partial charge in [0, 0.05) is 18.9 Å². The quantitative estimate of drug-likeness (QED) is 0.812. The van der Waals surface area contributed by atoms with Gasteiger partial charge in [0.2, 0.25) is 15.9 Å². The standard InChI is InChI=1S/C17H23N5O3S/c1-13(2)26(24,25)21-11-15-6-8-20-22(15)16(12-21)9-17(23)19-10-14-5-3-4-7-18-14/h3-8,13,16H,9-12H2,1-2H3,(H,19,23)/t16-/m1/s1. The molecule has 140 valence electrons. The van der Waals surface area contributed by atoms with Crippen LogP contribution in [0.5, 0.6) is 0 Å². The van der Waals surface area contributed by atoms with E-state index < -0.39 is 15.3 Å². The maximum absolute atomic E-state index is 12.5. The molecule has 0 aromatic carbocycles. The summed E-state index contributed by atoms with van der Waals surface area (Å²) in [5.41, 5.74) is 1.57. The van der Waals surface area contributed by atoms with Crippen LogP contribution in [0.1, 0.15) is 37.7 Å². The van der Waals surface area contributed by atoms with E-state index in [-0.39, 0.29) is 31.5 Å². The summed E-state index contributed by atoms with van der Waals surface area (Å²) in [6.45, 7) is 4.19. The molecule has 3 heterocycles. The fourth-order valence-electron chi connectivity index (χ4n) is 2.97. The number of hydrogen-bond acceptors (Lipinski definition) is 5. The third-order valence-corrected chi connectivity index (χ3v) is 6.61. The topological polar surface area (TPSA) is 97.2 Å². The molecule has 0 saturated carbocycles. The Morgan fingerprint density at radius 3 is 2.81 bits per heavy atom. The number of fused-ring (bicyclic) bond motifs is 1. The Labute approximate surface area is 153 Å². The minimum absolute atomic E-state index is 0.158. The molecule has 0 radical (unpaired) electrons. The van der Waals surface area contributed by atoms with Crippen LogP contribution >= 0.6 is 0 Å². The zero-order chi connectivity index (χ0) is 18.7. The van der Waals surface area contributed by atoms with Crippen molar-refractivity contribution in [2.45, 2.75) is 44.6 Å². The monoisotopic (exact) mass is 377 g/mol. The molecule has 1 amide bonds. The Hall–Kier alpha value is -2.26. The lowest BCUT2D eigenvalue weighted by molar-refractivity contribution is -0.122. The van der Waals surface area contributed by atoms with Crippen molar-refractivity contribution in [3.8, 4) is 0 Å². The molecule has 1 aliphatic heterocycles. The number of rotatable bonds is 6. The van der Waals surface area contributed by atoms with E-state index in [4.69, 9.17) is 0 Å². The van der Waals surface area contributed by atoms with Gasteiger partial charge in [-0.2, -0.15) is 9.40 Å². The first-order chi connectivity index (χ1) is 12.4. The Morgan fingerprint density at radius 1 is 1.31 bits per heavy atom. The molecule has 1 aliphatic rings. The number of pyridine rings is 1. The molecule has 0 saturated heterocycles. The maximum Gasteiger partial charge on any atom is 0.222 e. The van der Waals surface area contributed by atoms with Gasteiger partial charge in [-0.15, -0.1) is 0 Å². The van der Waals surface area contributed by atoms with Crippen LogP contribution < -0.4 is 5.32 Å². The number of hydrogen-bond donors (Lipinski definition) is 1. The largest absolute Gasteiger partial charge is 0.350 e. The Bertz CT molecular complexity index is 864. The van der Waals surface area contributed by atoms with Crippen LogP contribution in [0.25, 0.3) is 0 Å². The van der Waals surface area contributed by atoms with Crippen molar-refractivity contribution in [2.24, 2.45) is 0 Å². The minimum atomic E-state index is -3.39. The van der Waals surface area contributed by atoms with Gasteiger partial charge in [-0.25, -0.2) is 8.42 Å². The molecule has 0 unspecified atom stereocenters. The normalized spacial score (nSPS) is 17.9. The molecular weight excluding hydrogens is 354 g/mol. The molecule has 3 rings (SSSR count). The van der Waals surface area contributed by atoms with Crippen molar-refractivity contribution in [2.75, 3.05) is 6.54 Å². The molecule has 0 spiro atoms. The third-order valence-electron chi connectivity index (χ3n) is 4.42. The van der Waals surface area contributed by atoms with Gasteiger partial charge in [0.05, 0.1) is 42.2 Å². The summed E-state index contributed by atoms with van der Waals surface area (Å²) in [5.74, 6) is -0.161. The summed E-state index contributed by atoms with van der Waals surface area (Å²) in [6.07, 6.45) is 3.47. The molecule has 1 atom stereocenters. The molecule has 0 aliphatic carbocycles. The van der Waals surface area contributed by atoms with E-state index in [1.165, 1.54) is 4.31 Å². The SMILES string of the molecule is CC(C)S(=O)(=O)N1Cc2ccnn2[C@H](CC(=O)NCc2ccccn2)C1. The third kappa shape index (κ3) is 3.94. The maximum atomic E-state index is 12.5. The summed E-state index contributed by atoms with van der Waals surface area (Å²) < 4.78 is 28.3. The summed E-state index contributed by atoms with van der Waals surface area (Å²) in [5, 5.41) is 6.60. The lowest BCUT2D eigenvalue weighted by atomic mass is 10.1. The summed E-state index contributed by atoms with van der Waals surface area (Å²) in [6, 6.07) is 6.98. The second-order valence-electron chi connectivity index (χ2n) is 6.61. The number of aromatic nitrogens is 3. The highest BCUT2D eigenvalue weighted by molar-refractivity contribution is 7.89. The number of carbonyl (C=O) groups is 1. The zero-order valence-corrected chi connectivity index (χ0v) is 15.7. The summed E-state index contributed by atoms with van der Waals surface area (Å²) in [7, 11) is -3.39. The van der Waals surface area contributed by atoms with Gasteiger partial charge in [0.1, 0.15) is 0 Å². The predicted molar refractivity (Wildman–Crippen MR) is 96.4 cm³/mol. The molecule has 1 N–H and O–H groups in total. The lowest BCUT2D eigenvalue weighted by Crippen LogP contribution is -2.45. The Balaban J connectivity index is 1.69. The highest BCUT2D eigenvalue weighted by atomic mass is 32.2. The van der Waals surface area contributed by atoms with Crippen LogP contribution in [-0.2, 0) is 27.9 Å². The zero-order valence-electron chi connectivity index (χ0n) is 14.9. The lowest BCUT2D eigenvalue weighted by Gasteiger charge is -2.33. The van der Waals surface area contributed by atoms with Crippen molar-refractivity contribution in [3.05, 3.63) is 48.0 Å². The average Bonchev–Trinajstić information content (AvgIpc) is 3.09. The molecule has 8 nitrogen and oxygen atoms in total. The van der Waals surface area contributed by atoms with Gasteiger partial charge in [-0.1, -0.05) is 6.07 Å². The van der Waals surface area contributed by atoms with Gasteiger partial charge in [-0.3, -0.25) is 14.5 Å². The van der Waals surface area contributed by atoms with E-state index in [0.29, 0.717) is 6.54 Å². The van der Waals surface area contributed by atoms with Gasteiger partial charge >= 0.3 is 0 Å². The van der Waals surface area contributed by atoms with Gasteiger partial charge in [0.25, 0.3) is 0 Å². The smallest absolute Gasteiger partial charge is 0.222 e. The molecule has 9 heteroatoms. The Morgan fingerprint density at radius 2 is 2.12 bits per heavy atom. The van der Waals surface area contributed by atoms with E-state index in [1.54, 1.807) is 37.0 Å². The Kier molecular flexibility index (Phi) is 5.38. The fraction of sp³-hybridized carbons (Fsp3) is 0.471. The molecule has 0 fully saturated rings. The first-order valence-electron chi connectivity index (χ1n) is 8.56. The molecular formula is C17H23N5O3S. The second-order valence-corrected chi connectivity index (χ2v) is 9.10. The van der Waals surface area contributed by atoms with E-state index in [1.807, 2.05) is 18.2 Å². The van der Waals surface area contributed by atoms with Crippen molar-refractivity contribution < 1.29 is 13.2 Å². The van der Waals surface area contributed by atoms with Crippen LogP contribution in [0.3, 0.4) is 0 Å². The average molecular weight is 377 g/mol. The number of carbonyl (C=O) groups excluding carboxylic acids is 1. The highest BCUT2D eigenvalue weighted by Crippen LogP contribution is 2.26. The van der Waals surface area contributed by atoms with Gasteiger partial charge < -0.3 is 5.32 Å². The number of nitrogens with zero attached hydrogens (tertiary/aromatic N) is 4. The van der Waals surface area contributed by atoms with E-state index >= 15 is 0 Å². The van der Waals surface area contributed by atoms with E-state index in [2.05, 4.69) is 15.4 Å². The summed E-state index contributed by atoms with van der Waals surface area (Å²) in [4.78, 5) is 16.5. The first kappa shape index (κ1) is 18.5. The highest BCUT2D eigenvalue weighted by Gasteiger charge is 2.35.